The fourth-order valence-corrected chi connectivity index (χ4v) is 3.09. The maximum Gasteiger partial charge on any atom is 0.318 e. The largest absolute Gasteiger partial charge is 0.408 e. The predicted octanol–water partition coefficient (Wildman–Crippen LogP) is 1.88. The molecule has 2 aromatic rings. The van der Waals surface area contributed by atoms with Crippen molar-refractivity contribution in [1.29, 1.82) is 0 Å². The van der Waals surface area contributed by atoms with Crippen LogP contribution in [0, 0.1) is 0 Å². The second-order valence-corrected chi connectivity index (χ2v) is 6.52. The van der Waals surface area contributed by atoms with Crippen molar-refractivity contribution >= 4 is 6.01 Å². The van der Waals surface area contributed by atoms with Crippen LogP contribution in [0.5, 0.6) is 0 Å². The van der Waals surface area contributed by atoms with Crippen molar-refractivity contribution in [2.75, 3.05) is 31.1 Å². The Morgan fingerprint density at radius 2 is 2.09 bits per heavy atom. The summed E-state index contributed by atoms with van der Waals surface area (Å²) in [6.45, 7) is 8.03. The second kappa shape index (κ2) is 6.31. The van der Waals surface area contributed by atoms with Gasteiger partial charge in [0.15, 0.2) is 0 Å². The molecule has 4 rings (SSSR count). The van der Waals surface area contributed by atoms with E-state index < -0.39 is 0 Å². The highest BCUT2D eigenvalue weighted by atomic mass is 16.4. The van der Waals surface area contributed by atoms with Crippen LogP contribution in [0.1, 0.15) is 43.6 Å². The molecule has 0 N–H and O–H groups in total. The van der Waals surface area contributed by atoms with Gasteiger partial charge < -0.3 is 9.32 Å². The van der Waals surface area contributed by atoms with Gasteiger partial charge in [-0.3, -0.25) is 9.58 Å². The predicted molar refractivity (Wildman–Crippen MR) is 86.3 cm³/mol. The summed E-state index contributed by atoms with van der Waals surface area (Å²) >= 11 is 0. The third-order valence-electron chi connectivity index (χ3n) is 4.63. The molecule has 0 bridgehead atoms. The summed E-state index contributed by atoms with van der Waals surface area (Å²) in [7, 11) is 0. The molecule has 7 heteroatoms. The topological polar surface area (TPSA) is 63.2 Å². The molecule has 1 aliphatic heterocycles. The zero-order chi connectivity index (χ0) is 15.6. The Morgan fingerprint density at radius 3 is 2.87 bits per heavy atom. The quantitative estimate of drug-likeness (QED) is 0.839. The number of hydrogen-bond donors (Lipinski definition) is 0. The van der Waals surface area contributed by atoms with E-state index in [1.54, 1.807) is 0 Å². The highest BCUT2D eigenvalue weighted by molar-refractivity contribution is 5.25. The molecule has 3 heterocycles. The average molecular weight is 316 g/mol. The molecular formula is C16H24N6O. The molecule has 0 aromatic carbocycles. The number of nitrogens with zero attached hydrogens (tertiary/aromatic N) is 6. The van der Waals surface area contributed by atoms with E-state index in [2.05, 4.69) is 38.2 Å². The number of aryl methyl sites for hydroxylation is 1. The lowest BCUT2D eigenvalue weighted by molar-refractivity contribution is 0.285. The monoisotopic (exact) mass is 316 g/mol. The first-order valence-electron chi connectivity index (χ1n) is 8.64. The Hall–Kier alpha value is -1.89. The minimum Gasteiger partial charge on any atom is -0.408 e. The van der Waals surface area contributed by atoms with Crippen molar-refractivity contribution in [3.05, 3.63) is 23.8 Å². The van der Waals surface area contributed by atoms with Gasteiger partial charge in [0, 0.05) is 56.9 Å². The molecule has 2 aromatic heterocycles. The smallest absolute Gasteiger partial charge is 0.318 e. The van der Waals surface area contributed by atoms with E-state index in [4.69, 9.17) is 4.42 Å². The van der Waals surface area contributed by atoms with Crippen LogP contribution in [0.15, 0.2) is 16.8 Å². The summed E-state index contributed by atoms with van der Waals surface area (Å²) in [6, 6.07) is 0.701. The van der Waals surface area contributed by atoms with Gasteiger partial charge in [-0.05, 0) is 26.2 Å². The van der Waals surface area contributed by atoms with Crippen LogP contribution in [-0.4, -0.2) is 51.1 Å². The van der Waals surface area contributed by atoms with Gasteiger partial charge in [-0.15, -0.1) is 5.10 Å². The van der Waals surface area contributed by atoms with Gasteiger partial charge in [-0.2, -0.15) is 5.10 Å². The number of hydrogen-bond acceptors (Lipinski definition) is 6. The van der Waals surface area contributed by atoms with Crippen LogP contribution < -0.4 is 4.90 Å². The summed E-state index contributed by atoms with van der Waals surface area (Å²) in [5, 5.41) is 12.8. The first-order chi connectivity index (χ1) is 11.3. The maximum absolute atomic E-state index is 5.85. The van der Waals surface area contributed by atoms with Crippen molar-refractivity contribution in [2.45, 2.75) is 45.2 Å². The zero-order valence-corrected chi connectivity index (χ0v) is 13.7. The summed E-state index contributed by atoms with van der Waals surface area (Å²) in [6.07, 6.45) is 7.62. The van der Waals surface area contributed by atoms with Crippen molar-refractivity contribution in [3.63, 3.8) is 0 Å². The van der Waals surface area contributed by atoms with Gasteiger partial charge in [-0.1, -0.05) is 5.10 Å². The maximum atomic E-state index is 5.85. The number of anilines is 1. The van der Waals surface area contributed by atoms with Crippen LogP contribution in [0.2, 0.25) is 0 Å². The Bertz CT molecular complexity index is 647. The molecule has 2 aliphatic rings. The summed E-state index contributed by atoms with van der Waals surface area (Å²) < 4.78 is 7.83. The van der Waals surface area contributed by atoms with Crippen LogP contribution in [0.3, 0.4) is 0 Å². The number of rotatable bonds is 5. The molecule has 1 saturated heterocycles. The Morgan fingerprint density at radius 1 is 1.17 bits per heavy atom. The first kappa shape index (κ1) is 14.7. The van der Waals surface area contributed by atoms with Gasteiger partial charge >= 0.3 is 6.01 Å². The molecular weight excluding hydrogens is 292 g/mol. The van der Waals surface area contributed by atoms with Crippen LogP contribution in [0.4, 0.5) is 6.01 Å². The van der Waals surface area contributed by atoms with Gasteiger partial charge in [0.05, 0.1) is 6.20 Å². The summed E-state index contributed by atoms with van der Waals surface area (Å²) in [5.41, 5.74) is 1.29. The molecule has 0 unspecified atom stereocenters. The highest BCUT2D eigenvalue weighted by Gasteiger charge is 2.30. The van der Waals surface area contributed by atoms with Crippen molar-refractivity contribution < 1.29 is 4.42 Å². The zero-order valence-electron chi connectivity index (χ0n) is 13.7. The van der Waals surface area contributed by atoms with Crippen molar-refractivity contribution in [2.24, 2.45) is 0 Å². The van der Waals surface area contributed by atoms with E-state index >= 15 is 0 Å². The van der Waals surface area contributed by atoms with E-state index in [1.807, 2.05) is 10.9 Å². The fraction of sp³-hybridized carbons (Fsp3) is 0.688. The second-order valence-electron chi connectivity index (χ2n) is 6.52. The van der Waals surface area contributed by atoms with Gasteiger partial charge in [0.1, 0.15) is 0 Å². The van der Waals surface area contributed by atoms with E-state index in [9.17, 15) is 0 Å². The van der Waals surface area contributed by atoms with E-state index in [0.717, 1.165) is 51.6 Å². The van der Waals surface area contributed by atoms with Crippen molar-refractivity contribution in [3.8, 4) is 0 Å². The molecule has 23 heavy (non-hydrogen) atoms. The Kier molecular flexibility index (Phi) is 4.03. The highest BCUT2D eigenvalue weighted by Crippen LogP contribution is 2.39. The van der Waals surface area contributed by atoms with Crippen molar-refractivity contribution in [1.82, 2.24) is 24.9 Å². The molecule has 124 valence electrons. The lowest BCUT2D eigenvalue weighted by Gasteiger charge is -2.19. The van der Waals surface area contributed by atoms with Crippen LogP contribution >= 0.6 is 0 Å². The molecule has 0 spiro atoms. The van der Waals surface area contributed by atoms with E-state index in [-0.39, 0.29) is 0 Å². The Labute approximate surface area is 136 Å². The minimum absolute atomic E-state index is 0.523. The molecule has 0 radical (unpaired) electrons. The fourth-order valence-electron chi connectivity index (χ4n) is 3.09. The van der Waals surface area contributed by atoms with Crippen LogP contribution in [-0.2, 0) is 13.1 Å². The van der Waals surface area contributed by atoms with Crippen LogP contribution in [0.25, 0.3) is 0 Å². The minimum atomic E-state index is 0.523. The molecule has 1 saturated carbocycles. The van der Waals surface area contributed by atoms with E-state index in [1.165, 1.54) is 18.4 Å². The molecule has 1 aliphatic carbocycles. The standard InChI is InChI=1S/C16H24N6O/c1-2-22-12-13(10-17-22)11-20-6-3-7-21(9-8-20)16-19-18-15(23-16)14-4-5-14/h10,12,14H,2-9,11H2,1H3. The first-order valence-corrected chi connectivity index (χ1v) is 8.64. The van der Waals surface area contributed by atoms with E-state index in [0.29, 0.717) is 11.9 Å². The lowest BCUT2D eigenvalue weighted by Crippen LogP contribution is -2.30. The number of aromatic nitrogens is 4. The van der Waals surface area contributed by atoms with Gasteiger partial charge in [-0.25, -0.2) is 0 Å². The van der Waals surface area contributed by atoms with Gasteiger partial charge in [0.25, 0.3) is 0 Å². The third kappa shape index (κ3) is 3.39. The molecule has 2 fully saturated rings. The molecule has 7 nitrogen and oxygen atoms in total. The van der Waals surface area contributed by atoms with Gasteiger partial charge in [0.2, 0.25) is 5.89 Å². The lowest BCUT2D eigenvalue weighted by atomic mass is 10.3. The summed E-state index contributed by atoms with van der Waals surface area (Å²) in [4.78, 5) is 4.71. The average Bonchev–Trinajstić information content (AvgIpc) is 3.20. The third-order valence-corrected chi connectivity index (χ3v) is 4.63. The molecule has 0 amide bonds. The SMILES string of the molecule is CCn1cc(CN2CCCN(c3nnc(C4CC4)o3)CC2)cn1. The normalized spacial score (nSPS) is 20.0. The molecule has 0 atom stereocenters. The Balaban J connectivity index is 1.35. The summed E-state index contributed by atoms with van der Waals surface area (Å²) in [5.74, 6) is 1.35.